The van der Waals surface area contributed by atoms with Crippen LogP contribution in [0.1, 0.15) is 23.1 Å². The van der Waals surface area contributed by atoms with Crippen LogP contribution in [0.25, 0.3) is 0 Å². The first kappa shape index (κ1) is 27.5. The number of carboxylic acids is 1. The van der Waals surface area contributed by atoms with Gasteiger partial charge < -0.3 is 30.8 Å². The number of methoxy groups -OCH3 is 2. The minimum atomic E-state index is -1.04. The summed E-state index contributed by atoms with van der Waals surface area (Å²) >= 11 is 0. The molecule has 8 heteroatoms. The minimum Gasteiger partial charge on any atom is -0.497 e. The van der Waals surface area contributed by atoms with Crippen LogP contribution >= 0.6 is 0 Å². The molecule has 3 aromatic carbocycles. The Bertz CT molecular complexity index is 1000. The maximum Gasteiger partial charge on any atom is 0.317 e. The van der Waals surface area contributed by atoms with Gasteiger partial charge >= 0.3 is 5.97 Å². The van der Waals surface area contributed by atoms with E-state index in [2.05, 4.69) is 5.73 Å². The third-order valence-electron chi connectivity index (χ3n) is 5.25. The average molecular weight is 481 g/mol. The van der Waals surface area contributed by atoms with Gasteiger partial charge in [-0.05, 0) is 28.8 Å². The molecule has 3 rings (SSSR count). The second kappa shape index (κ2) is 13.9. The molecule has 0 saturated carbocycles. The summed E-state index contributed by atoms with van der Waals surface area (Å²) in [5, 5.41) is 7.60. The van der Waals surface area contributed by atoms with E-state index in [0.29, 0.717) is 13.0 Å². The number of carboxylic acid groups (broad SMARTS) is 1. The SMILES string of the molecule is COCCC(OC(c1ccccc1)(c1ccccc1)c1ccc(OC)cc1)C(N)=O.NCC(=O)O. The average Bonchev–Trinajstić information content (AvgIpc) is 2.90. The van der Waals surface area contributed by atoms with Crippen molar-refractivity contribution in [2.75, 3.05) is 27.4 Å². The number of hydrogen-bond acceptors (Lipinski definition) is 6. The van der Waals surface area contributed by atoms with Crippen molar-refractivity contribution in [2.24, 2.45) is 11.5 Å². The van der Waals surface area contributed by atoms with Crippen LogP contribution in [0.15, 0.2) is 84.9 Å². The molecule has 35 heavy (non-hydrogen) atoms. The number of benzene rings is 3. The van der Waals surface area contributed by atoms with Crippen LogP contribution in [0, 0.1) is 0 Å². The summed E-state index contributed by atoms with van der Waals surface area (Å²) in [5.74, 6) is -0.763. The van der Waals surface area contributed by atoms with Gasteiger partial charge in [-0.25, -0.2) is 0 Å². The molecule has 0 aliphatic carbocycles. The van der Waals surface area contributed by atoms with Crippen LogP contribution in [-0.4, -0.2) is 50.5 Å². The molecule has 0 fully saturated rings. The number of aliphatic carboxylic acids is 1. The number of ether oxygens (including phenoxy) is 3. The van der Waals surface area contributed by atoms with Gasteiger partial charge in [0.1, 0.15) is 17.5 Å². The van der Waals surface area contributed by atoms with E-state index >= 15 is 0 Å². The molecule has 0 radical (unpaired) electrons. The molecule has 5 N–H and O–H groups in total. The lowest BCUT2D eigenvalue weighted by Crippen LogP contribution is -2.42. The van der Waals surface area contributed by atoms with Crippen molar-refractivity contribution in [2.45, 2.75) is 18.1 Å². The first-order chi connectivity index (χ1) is 16.9. The Kier molecular flexibility index (Phi) is 10.9. The van der Waals surface area contributed by atoms with Crippen molar-refractivity contribution < 1.29 is 28.9 Å². The molecule has 0 saturated heterocycles. The fraction of sp³-hybridized carbons (Fsp3) is 0.259. The van der Waals surface area contributed by atoms with Crippen molar-refractivity contribution in [1.29, 1.82) is 0 Å². The zero-order valence-electron chi connectivity index (χ0n) is 19.9. The van der Waals surface area contributed by atoms with Crippen LogP contribution in [0.3, 0.4) is 0 Å². The summed E-state index contributed by atoms with van der Waals surface area (Å²) in [6.45, 7) is 0.0792. The molecule has 0 bridgehead atoms. The Hall–Kier alpha value is -3.72. The summed E-state index contributed by atoms with van der Waals surface area (Å²) in [6.07, 6.45) is -0.490. The number of rotatable bonds is 11. The van der Waals surface area contributed by atoms with Crippen molar-refractivity contribution in [1.82, 2.24) is 0 Å². The summed E-state index contributed by atoms with van der Waals surface area (Å²) in [5.41, 5.74) is 11.9. The summed E-state index contributed by atoms with van der Waals surface area (Å²) < 4.78 is 17.2. The first-order valence-electron chi connectivity index (χ1n) is 11.0. The minimum absolute atomic E-state index is 0.278. The van der Waals surface area contributed by atoms with Crippen LogP contribution in [-0.2, 0) is 24.7 Å². The van der Waals surface area contributed by atoms with E-state index in [1.807, 2.05) is 84.9 Å². The molecule has 1 amide bonds. The van der Waals surface area contributed by atoms with Gasteiger partial charge in [0.25, 0.3) is 0 Å². The van der Waals surface area contributed by atoms with Gasteiger partial charge in [-0.15, -0.1) is 0 Å². The highest BCUT2D eigenvalue weighted by atomic mass is 16.5. The zero-order chi connectivity index (χ0) is 25.7. The van der Waals surface area contributed by atoms with Gasteiger partial charge in [0.2, 0.25) is 5.91 Å². The fourth-order valence-corrected chi connectivity index (χ4v) is 3.57. The molecule has 0 aliphatic rings. The highest BCUT2D eigenvalue weighted by Gasteiger charge is 2.41. The maximum absolute atomic E-state index is 12.3. The van der Waals surface area contributed by atoms with E-state index in [4.69, 9.17) is 25.1 Å². The third kappa shape index (κ3) is 7.38. The Morgan fingerprint density at radius 2 is 1.31 bits per heavy atom. The molecular weight excluding hydrogens is 448 g/mol. The van der Waals surface area contributed by atoms with Gasteiger partial charge in [0.15, 0.2) is 0 Å². The largest absolute Gasteiger partial charge is 0.497 e. The molecule has 1 atom stereocenters. The lowest BCUT2D eigenvalue weighted by Gasteiger charge is -2.38. The van der Waals surface area contributed by atoms with Gasteiger partial charge in [-0.1, -0.05) is 72.8 Å². The third-order valence-corrected chi connectivity index (χ3v) is 5.25. The van der Waals surface area contributed by atoms with E-state index in [0.717, 1.165) is 22.4 Å². The predicted octanol–water partition coefficient (Wildman–Crippen LogP) is 2.92. The predicted molar refractivity (Wildman–Crippen MR) is 133 cm³/mol. The Morgan fingerprint density at radius 1 is 0.857 bits per heavy atom. The number of amides is 1. The molecule has 0 aliphatic heterocycles. The van der Waals surface area contributed by atoms with Crippen LogP contribution in [0.4, 0.5) is 0 Å². The quantitative estimate of drug-likeness (QED) is 0.359. The monoisotopic (exact) mass is 480 g/mol. The zero-order valence-corrected chi connectivity index (χ0v) is 19.9. The molecule has 1 unspecified atom stereocenters. The van der Waals surface area contributed by atoms with Crippen molar-refractivity contribution in [3.63, 3.8) is 0 Å². The maximum atomic E-state index is 12.3. The molecule has 3 aromatic rings. The Balaban J connectivity index is 0.000000784. The highest BCUT2D eigenvalue weighted by molar-refractivity contribution is 5.79. The first-order valence-corrected chi connectivity index (χ1v) is 11.0. The molecule has 8 nitrogen and oxygen atoms in total. The highest BCUT2D eigenvalue weighted by Crippen LogP contribution is 2.42. The number of nitrogens with two attached hydrogens (primary N) is 2. The van der Waals surface area contributed by atoms with Crippen LogP contribution in [0.5, 0.6) is 5.75 Å². The standard InChI is InChI=1S/C25H27NO4.C2H5NO2/c1-28-18-17-23(24(26)27)30-25(19-9-5-3-6-10-19,20-11-7-4-8-12-20)21-13-15-22(29-2)16-14-21;3-1-2(4)5/h3-16,23H,17-18H2,1-2H3,(H2,26,27);1,3H2,(H,4,5). The van der Waals surface area contributed by atoms with Gasteiger partial charge in [0, 0.05) is 20.1 Å². The van der Waals surface area contributed by atoms with Crippen molar-refractivity contribution in [3.8, 4) is 5.75 Å². The normalized spacial score (nSPS) is 11.6. The smallest absolute Gasteiger partial charge is 0.317 e. The Labute approximate surface area is 205 Å². The lowest BCUT2D eigenvalue weighted by molar-refractivity contribution is -0.139. The van der Waals surface area contributed by atoms with E-state index < -0.39 is 23.6 Å². The van der Waals surface area contributed by atoms with Crippen LogP contribution < -0.4 is 16.2 Å². The molecule has 186 valence electrons. The van der Waals surface area contributed by atoms with E-state index in [1.165, 1.54) is 0 Å². The summed E-state index contributed by atoms with van der Waals surface area (Å²) in [7, 11) is 3.21. The van der Waals surface area contributed by atoms with Gasteiger partial charge in [-0.2, -0.15) is 0 Å². The summed E-state index contributed by atoms with van der Waals surface area (Å²) in [4.78, 5) is 21.5. The Morgan fingerprint density at radius 3 is 1.69 bits per heavy atom. The van der Waals surface area contributed by atoms with E-state index in [1.54, 1.807) is 14.2 Å². The molecular formula is C27H32N2O6. The molecule has 0 spiro atoms. The number of carbonyl (C=O) groups excluding carboxylic acids is 1. The lowest BCUT2D eigenvalue weighted by atomic mass is 9.79. The van der Waals surface area contributed by atoms with Gasteiger partial charge in [-0.3, -0.25) is 9.59 Å². The van der Waals surface area contributed by atoms with E-state index in [-0.39, 0.29) is 6.54 Å². The number of carbonyl (C=O) groups is 2. The van der Waals surface area contributed by atoms with E-state index in [9.17, 15) is 9.59 Å². The van der Waals surface area contributed by atoms with Crippen LogP contribution in [0.2, 0.25) is 0 Å². The number of hydrogen-bond donors (Lipinski definition) is 3. The fourth-order valence-electron chi connectivity index (χ4n) is 3.57. The molecule has 0 heterocycles. The second-order valence-electron chi connectivity index (χ2n) is 7.53. The number of primary amides is 1. The van der Waals surface area contributed by atoms with Crippen molar-refractivity contribution >= 4 is 11.9 Å². The molecule has 0 aromatic heterocycles. The topological polar surface area (TPSA) is 134 Å². The second-order valence-corrected chi connectivity index (χ2v) is 7.53. The van der Waals surface area contributed by atoms with Crippen molar-refractivity contribution in [3.05, 3.63) is 102 Å². The van der Waals surface area contributed by atoms with Gasteiger partial charge in [0.05, 0.1) is 13.7 Å². The summed E-state index contributed by atoms with van der Waals surface area (Å²) in [6, 6.07) is 27.3.